The Morgan fingerprint density at radius 2 is 1.26 bits per heavy atom. The second-order valence-electron chi connectivity index (χ2n) is 8.02. The van der Waals surface area contributed by atoms with Crippen LogP contribution in [-0.4, -0.2) is 9.38 Å². The molecule has 0 aliphatic carbocycles. The first-order valence-corrected chi connectivity index (χ1v) is 10.3. The fraction of sp³-hybridized carbons (Fsp3) is 0. The molecule has 0 saturated heterocycles. The van der Waals surface area contributed by atoms with Gasteiger partial charge in [-0.15, -0.1) is 0 Å². The first kappa shape index (κ1) is 15.5. The lowest BCUT2D eigenvalue weighted by molar-refractivity contribution is 0.635. The van der Waals surface area contributed by atoms with Gasteiger partial charge in [-0.05, 0) is 35.7 Å². The van der Waals surface area contributed by atoms with Crippen molar-refractivity contribution < 1.29 is 8.83 Å². The molecule has 0 aliphatic rings. The molecule has 4 aromatic heterocycles. The average molecular weight is 398 g/mol. The number of hydrogen-bond donors (Lipinski definition) is 0. The van der Waals surface area contributed by atoms with Crippen LogP contribution in [0.2, 0.25) is 0 Å². The molecule has 31 heavy (non-hydrogen) atoms. The number of furan rings is 2. The normalized spacial score (nSPS) is 12.5. The molecule has 0 unspecified atom stereocenters. The minimum atomic E-state index is 0.797. The van der Waals surface area contributed by atoms with E-state index in [1.165, 1.54) is 0 Å². The van der Waals surface area contributed by atoms with E-state index in [1.54, 1.807) is 0 Å². The van der Waals surface area contributed by atoms with Crippen molar-refractivity contribution in [3.8, 4) is 0 Å². The highest BCUT2D eigenvalue weighted by molar-refractivity contribution is 6.26. The first-order chi connectivity index (χ1) is 15.4. The van der Waals surface area contributed by atoms with E-state index in [9.17, 15) is 0 Å². The molecule has 0 amide bonds. The highest BCUT2D eigenvalue weighted by atomic mass is 16.4. The Balaban J connectivity index is 1.66. The summed E-state index contributed by atoms with van der Waals surface area (Å²) >= 11 is 0. The van der Waals surface area contributed by atoms with Crippen molar-refractivity contribution in [3.05, 3.63) is 85.2 Å². The van der Waals surface area contributed by atoms with Crippen LogP contribution in [-0.2, 0) is 0 Å². The van der Waals surface area contributed by atoms with Crippen LogP contribution in [0.25, 0.3) is 71.2 Å². The molecule has 0 N–H and O–H groups in total. The zero-order valence-electron chi connectivity index (χ0n) is 16.3. The highest BCUT2D eigenvalue weighted by Crippen LogP contribution is 2.42. The second-order valence-corrected chi connectivity index (χ2v) is 8.02. The van der Waals surface area contributed by atoms with Crippen molar-refractivity contribution in [3.63, 3.8) is 0 Å². The number of fused-ring (bicyclic) bond motifs is 14. The SMILES string of the molecule is c1ccc2c(c1)oc1c2ccc2c3ccc4c(c5ccccc5c5nccn45)c3oc21. The predicted octanol–water partition coefficient (Wildman–Crippen LogP) is 7.44. The number of nitrogens with zero attached hydrogens (tertiary/aromatic N) is 2. The maximum absolute atomic E-state index is 6.61. The van der Waals surface area contributed by atoms with Gasteiger partial charge in [0.05, 0.1) is 5.52 Å². The first-order valence-electron chi connectivity index (χ1n) is 10.3. The Hall–Kier alpha value is -4.31. The average Bonchev–Trinajstić information content (AvgIpc) is 3.53. The van der Waals surface area contributed by atoms with Crippen molar-refractivity contribution in [2.45, 2.75) is 0 Å². The Kier molecular flexibility index (Phi) is 2.62. The molecule has 4 nitrogen and oxygen atoms in total. The molecule has 0 saturated carbocycles. The van der Waals surface area contributed by atoms with Gasteiger partial charge in [0.1, 0.15) is 16.8 Å². The largest absolute Gasteiger partial charge is 0.452 e. The van der Waals surface area contributed by atoms with Crippen molar-refractivity contribution in [2.24, 2.45) is 0 Å². The maximum Gasteiger partial charge on any atom is 0.178 e. The maximum atomic E-state index is 6.61. The number of imidazole rings is 1. The Morgan fingerprint density at radius 1 is 0.581 bits per heavy atom. The molecule has 0 spiro atoms. The van der Waals surface area contributed by atoms with Crippen LogP contribution < -0.4 is 0 Å². The van der Waals surface area contributed by atoms with Gasteiger partial charge in [-0.25, -0.2) is 4.98 Å². The quantitative estimate of drug-likeness (QED) is 0.249. The summed E-state index contributed by atoms with van der Waals surface area (Å²) in [5.74, 6) is 0. The Morgan fingerprint density at radius 3 is 2.16 bits per heavy atom. The van der Waals surface area contributed by atoms with Gasteiger partial charge in [0.2, 0.25) is 0 Å². The Bertz CT molecular complexity index is 2000. The van der Waals surface area contributed by atoms with Crippen LogP contribution in [0.3, 0.4) is 0 Å². The minimum absolute atomic E-state index is 0.797. The monoisotopic (exact) mass is 398 g/mol. The van der Waals surface area contributed by atoms with Gasteiger partial charge in [0, 0.05) is 44.7 Å². The van der Waals surface area contributed by atoms with Gasteiger partial charge in [0.25, 0.3) is 0 Å². The number of rotatable bonds is 0. The zero-order chi connectivity index (χ0) is 20.1. The van der Waals surface area contributed by atoms with Gasteiger partial charge >= 0.3 is 0 Å². The lowest BCUT2D eigenvalue weighted by Gasteiger charge is -2.08. The van der Waals surface area contributed by atoms with Crippen LogP contribution in [0, 0.1) is 0 Å². The van der Waals surface area contributed by atoms with Gasteiger partial charge in [-0.1, -0.05) is 42.5 Å². The third-order valence-corrected chi connectivity index (χ3v) is 6.47. The van der Waals surface area contributed by atoms with Crippen LogP contribution in [0.1, 0.15) is 0 Å². The van der Waals surface area contributed by atoms with Crippen LogP contribution in [0.15, 0.2) is 94.0 Å². The van der Waals surface area contributed by atoms with Gasteiger partial charge in [-0.3, -0.25) is 4.40 Å². The number of para-hydroxylation sites is 1. The van der Waals surface area contributed by atoms with Crippen molar-refractivity contribution in [2.75, 3.05) is 0 Å². The summed E-state index contributed by atoms with van der Waals surface area (Å²) in [6.45, 7) is 0. The molecule has 8 rings (SSSR count). The van der Waals surface area contributed by atoms with E-state index in [0.29, 0.717) is 0 Å². The number of pyridine rings is 1. The van der Waals surface area contributed by atoms with E-state index in [2.05, 4.69) is 64.0 Å². The zero-order valence-corrected chi connectivity index (χ0v) is 16.3. The minimum Gasteiger partial charge on any atom is -0.452 e. The lowest BCUT2D eigenvalue weighted by atomic mass is 10.0. The van der Waals surface area contributed by atoms with Gasteiger partial charge < -0.3 is 8.83 Å². The second kappa shape index (κ2) is 5.24. The fourth-order valence-corrected chi connectivity index (χ4v) is 5.12. The topological polar surface area (TPSA) is 43.6 Å². The molecule has 0 bridgehead atoms. The third kappa shape index (κ3) is 1.79. The smallest absolute Gasteiger partial charge is 0.178 e. The number of benzene rings is 4. The lowest BCUT2D eigenvalue weighted by Crippen LogP contribution is -1.90. The van der Waals surface area contributed by atoms with Crippen molar-refractivity contribution in [1.29, 1.82) is 0 Å². The van der Waals surface area contributed by atoms with Gasteiger partial charge in [0.15, 0.2) is 11.2 Å². The fourth-order valence-electron chi connectivity index (χ4n) is 5.12. The summed E-state index contributed by atoms with van der Waals surface area (Å²) in [7, 11) is 0. The molecular formula is C27H14N2O2. The van der Waals surface area contributed by atoms with E-state index in [0.717, 1.165) is 71.2 Å². The molecule has 0 radical (unpaired) electrons. The van der Waals surface area contributed by atoms with E-state index >= 15 is 0 Å². The van der Waals surface area contributed by atoms with E-state index in [1.807, 2.05) is 30.6 Å². The summed E-state index contributed by atoms with van der Waals surface area (Å²) < 4.78 is 15.0. The van der Waals surface area contributed by atoms with E-state index < -0.39 is 0 Å². The van der Waals surface area contributed by atoms with Crippen LogP contribution in [0.4, 0.5) is 0 Å². The third-order valence-electron chi connectivity index (χ3n) is 6.47. The molecule has 4 heterocycles. The molecule has 4 heteroatoms. The molecular weight excluding hydrogens is 384 g/mol. The standard InChI is InChI=1S/C27H14N2O2/c1-2-7-20-16(6-1)23-21(29-14-13-28-27(20)29)12-11-18-19-10-9-17-15-5-3-4-8-22(15)30-25(17)26(19)31-24(18)23/h1-14H. The van der Waals surface area contributed by atoms with Crippen molar-refractivity contribution in [1.82, 2.24) is 9.38 Å². The predicted molar refractivity (Wildman–Crippen MR) is 125 cm³/mol. The number of hydrogen-bond acceptors (Lipinski definition) is 3. The molecule has 0 aliphatic heterocycles. The number of aromatic nitrogens is 2. The molecule has 0 atom stereocenters. The summed E-state index contributed by atoms with van der Waals surface area (Å²) in [5, 5.41) is 7.69. The van der Waals surface area contributed by atoms with Gasteiger partial charge in [-0.2, -0.15) is 0 Å². The molecule has 8 aromatic rings. The highest BCUT2D eigenvalue weighted by Gasteiger charge is 2.19. The van der Waals surface area contributed by atoms with E-state index in [-0.39, 0.29) is 0 Å². The van der Waals surface area contributed by atoms with Crippen LogP contribution >= 0.6 is 0 Å². The van der Waals surface area contributed by atoms with Crippen molar-refractivity contribution >= 4 is 71.2 Å². The summed E-state index contributed by atoms with van der Waals surface area (Å²) in [6, 6.07) is 25.1. The summed E-state index contributed by atoms with van der Waals surface area (Å²) in [5.41, 5.74) is 5.40. The molecule has 144 valence electrons. The van der Waals surface area contributed by atoms with E-state index in [4.69, 9.17) is 8.83 Å². The summed E-state index contributed by atoms with van der Waals surface area (Å²) in [6.07, 6.45) is 3.86. The van der Waals surface area contributed by atoms with Crippen LogP contribution in [0.5, 0.6) is 0 Å². The summed E-state index contributed by atoms with van der Waals surface area (Å²) in [4.78, 5) is 4.60. The Labute approximate surface area is 174 Å². The molecule has 4 aromatic carbocycles. The molecule has 0 fully saturated rings.